The van der Waals surface area contributed by atoms with Gasteiger partial charge in [-0.3, -0.25) is 0 Å². The van der Waals surface area contributed by atoms with Crippen LogP contribution < -0.4 is 4.99 Å². The largest absolute Gasteiger partial charge is 0.231 e. The fourth-order valence-corrected chi connectivity index (χ4v) is 4.34. The third kappa shape index (κ3) is 2.31. The molecule has 90 valence electrons. The Labute approximate surface area is 112 Å². The summed E-state index contributed by atoms with van der Waals surface area (Å²) in [4.78, 5) is 6.47. The fraction of sp³-hybridized carbons (Fsp3) is 0.357. The van der Waals surface area contributed by atoms with E-state index in [0.717, 1.165) is 0 Å². The van der Waals surface area contributed by atoms with Gasteiger partial charge in [0.2, 0.25) is 5.71 Å². The minimum atomic E-state index is 0.0446. The molecular formula is C14H18NS2+. The maximum atomic E-state index is 3.65. The van der Waals surface area contributed by atoms with Crippen LogP contribution in [-0.2, 0) is 0 Å². The molecule has 0 unspecified atom stereocenters. The second-order valence-electron chi connectivity index (χ2n) is 4.56. The maximum Gasteiger partial charge on any atom is 0.221 e. The van der Waals surface area contributed by atoms with Crippen LogP contribution in [0.25, 0.3) is 0 Å². The highest BCUT2D eigenvalue weighted by Gasteiger charge is 2.40. The van der Waals surface area contributed by atoms with Gasteiger partial charge < -0.3 is 0 Å². The van der Waals surface area contributed by atoms with Crippen molar-refractivity contribution in [3.8, 4) is 0 Å². The zero-order valence-corrected chi connectivity index (χ0v) is 12.3. The van der Waals surface area contributed by atoms with Gasteiger partial charge in [0.05, 0.1) is 9.81 Å². The first kappa shape index (κ1) is 12.8. The Balaban J connectivity index is 2.53. The van der Waals surface area contributed by atoms with Gasteiger partial charge in [0, 0.05) is 19.4 Å². The van der Waals surface area contributed by atoms with Crippen molar-refractivity contribution in [2.24, 2.45) is 0 Å². The number of nitrogens with one attached hydrogen (secondary N) is 1. The summed E-state index contributed by atoms with van der Waals surface area (Å²) in [6.07, 6.45) is 4.31. The number of hydrogen-bond acceptors (Lipinski definition) is 2. The molecule has 0 amide bonds. The molecule has 0 spiro atoms. The first-order chi connectivity index (χ1) is 8.10. The monoisotopic (exact) mass is 264 g/mol. The molecule has 1 N–H and O–H groups in total. The van der Waals surface area contributed by atoms with E-state index in [0.29, 0.717) is 0 Å². The average Bonchev–Trinajstić information content (AvgIpc) is 2.60. The highest BCUT2D eigenvalue weighted by Crippen LogP contribution is 2.35. The molecule has 1 aromatic carbocycles. The van der Waals surface area contributed by atoms with E-state index in [9.17, 15) is 0 Å². The van der Waals surface area contributed by atoms with E-state index in [-0.39, 0.29) is 5.54 Å². The average molecular weight is 264 g/mol. The molecule has 0 aromatic heterocycles. The maximum absolute atomic E-state index is 3.65. The molecule has 1 aromatic rings. The van der Waals surface area contributed by atoms with E-state index in [1.165, 1.54) is 21.1 Å². The van der Waals surface area contributed by atoms with Crippen molar-refractivity contribution in [1.29, 1.82) is 0 Å². The summed E-state index contributed by atoms with van der Waals surface area (Å²) in [7, 11) is 0. The number of thioether (sulfide) groups is 2. The van der Waals surface area contributed by atoms with Gasteiger partial charge in [0.15, 0.2) is 5.54 Å². The summed E-state index contributed by atoms with van der Waals surface area (Å²) in [6.45, 7) is 4.48. The van der Waals surface area contributed by atoms with Crippen molar-refractivity contribution in [3.05, 3.63) is 45.7 Å². The standard InChI is InChI=1S/C14H17NS2/c1-14(2)13(17-4)12(16-3)11(15-14)10-8-6-5-7-9-10/h5-9H,1-4H3/p+1. The number of rotatable bonds is 3. The van der Waals surface area contributed by atoms with Crippen molar-refractivity contribution in [2.45, 2.75) is 19.4 Å². The third-order valence-corrected chi connectivity index (χ3v) is 4.98. The van der Waals surface area contributed by atoms with E-state index in [4.69, 9.17) is 0 Å². The molecule has 0 bridgehead atoms. The zero-order valence-electron chi connectivity index (χ0n) is 10.7. The minimum absolute atomic E-state index is 0.0446. The Morgan fingerprint density at radius 1 is 1.00 bits per heavy atom. The van der Waals surface area contributed by atoms with Crippen LogP contribution in [0.15, 0.2) is 40.1 Å². The lowest BCUT2D eigenvalue weighted by Gasteiger charge is -2.11. The first-order valence-electron chi connectivity index (χ1n) is 5.64. The molecular weight excluding hydrogens is 246 g/mol. The molecule has 2 rings (SSSR count). The van der Waals surface area contributed by atoms with E-state index >= 15 is 0 Å². The van der Waals surface area contributed by atoms with Gasteiger partial charge in [-0.25, -0.2) is 4.99 Å². The lowest BCUT2D eigenvalue weighted by atomic mass is 10.1. The van der Waals surface area contributed by atoms with Crippen LogP contribution in [-0.4, -0.2) is 23.8 Å². The van der Waals surface area contributed by atoms with Crippen molar-refractivity contribution in [1.82, 2.24) is 0 Å². The molecule has 1 heterocycles. The van der Waals surface area contributed by atoms with Crippen LogP contribution in [0.3, 0.4) is 0 Å². The van der Waals surface area contributed by atoms with E-state index in [2.05, 4.69) is 61.7 Å². The van der Waals surface area contributed by atoms with Gasteiger partial charge in [-0.1, -0.05) is 18.2 Å². The van der Waals surface area contributed by atoms with Crippen LogP contribution >= 0.6 is 23.5 Å². The molecule has 0 saturated carbocycles. The van der Waals surface area contributed by atoms with Gasteiger partial charge in [-0.05, 0) is 24.6 Å². The van der Waals surface area contributed by atoms with E-state index < -0.39 is 0 Å². The summed E-state index contributed by atoms with van der Waals surface area (Å²) in [5, 5.41) is 0. The van der Waals surface area contributed by atoms with Gasteiger partial charge in [0.1, 0.15) is 0 Å². The molecule has 1 nitrogen and oxygen atoms in total. The van der Waals surface area contributed by atoms with Gasteiger partial charge in [-0.15, -0.1) is 23.5 Å². The van der Waals surface area contributed by atoms with Crippen molar-refractivity contribution < 1.29 is 4.99 Å². The summed E-state index contributed by atoms with van der Waals surface area (Å²) in [5.41, 5.74) is 2.59. The van der Waals surface area contributed by atoms with Crippen LogP contribution in [0.4, 0.5) is 0 Å². The predicted octanol–water partition coefficient (Wildman–Crippen LogP) is 2.29. The summed E-state index contributed by atoms with van der Waals surface area (Å²) in [5.74, 6) is 0. The molecule has 0 saturated heterocycles. The van der Waals surface area contributed by atoms with Crippen molar-refractivity contribution >= 4 is 29.2 Å². The fourth-order valence-electron chi connectivity index (χ4n) is 2.17. The van der Waals surface area contributed by atoms with Gasteiger partial charge in [-0.2, -0.15) is 0 Å². The van der Waals surface area contributed by atoms with Crippen LogP contribution in [0.5, 0.6) is 0 Å². The van der Waals surface area contributed by atoms with E-state index in [1.807, 2.05) is 23.5 Å². The molecule has 0 aliphatic carbocycles. The first-order valence-corrected chi connectivity index (χ1v) is 8.08. The van der Waals surface area contributed by atoms with Crippen molar-refractivity contribution in [3.63, 3.8) is 0 Å². The second kappa shape index (κ2) is 4.91. The highest BCUT2D eigenvalue weighted by molar-refractivity contribution is 8.06. The van der Waals surface area contributed by atoms with Gasteiger partial charge in [0.25, 0.3) is 0 Å². The minimum Gasteiger partial charge on any atom is -0.231 e. The zero-order chi connectivity index (χ0) is 12.5. The van der Waals surface area contributed by atoms with Crippen molar-refractivity contribution in [2.75, 3.05) is 12.5 Å². The molecule has 0 atom stereocenters. The summed E-state index contributed by atoms with van der Waals surface area (Å²) < 4.78 is 0. The number of benzene rings is 1. The quantitative estimate of drug-likeness (QED) is 0.900. The summed E-state index contributed by atoms with van der Waals surface area (Å²) in [6, 6.07) is 10.6. The topological polar surface area (TPSA) is 14.0 Å². The molecule has 3 heteroatoms. The second-order valence-corrected chi connectivity index (χ2v) is 6.19. The Kier molecular flexibility index (Phi) is 3.69. The third-order valence-electron chi connectivity index (χ3n) is 2.91. The molecule has 0 fully saturated rings. The molecule has 1 aliphatic heterocycles. The lowest BCUT2D eigenvalue weighted by molar-refractivity contribution is -0.523. The van der Waals surface area contributed by atoms with Gasteiger partial charge >= 0.3 is 0 Å². The molecule has 17 heavy (non-hydrogen) atoms. The molecule has 1 aliphatic rings. The SMILES string of the molecule is CSC1=C(SC)C(C)(C)[NH+]=C1c1ccccc1. The number of allylic oxidation sites excluding steroid dienone is 1. The predicted molar refractivity (Wildman–Crippen MR) is 79.6 cm³/mol. The van der Waals surface area contributed by atoms with Crippen LogP contribution in [0.2, 0.25) is 0 Å². The lowest BCUT2D eigenvalue weighted by Crippen LogP contribution is -2.83. The van der Waals surface area contributed by atoms with Crippen LogP contribution in [0.1, 0.15) is 19.4 Å². The Morgan fingerprint density at radius 3 is 2.18 bits per heavy atom. The van der Waals surface area contributed by atoms with E-state index in [1.54, 1.807) is 0 Å². The molecule has 0 radical (unpaired) electrons. The Bertz CT molecular complexity index is 472. The highest BCUT2D eigenvalue weighted by atomic mass is 32.2. The number of hydrogen-bond donors (Lipinski definition) is 1. The normalized spacial score (nSPS) is 18.5. The summed E-state index contributed by atoms with van der Waals surface area (Å²) >= 11 is 3.68. The Hall–Kier alpha value is -0.670. The Morgan fingerprint density at radius 2 is 1.65 bits per heavy atom. The smallest absolute Gasteiger partial charge is 0.221 e. The van der Waals surface area contributed by atoms with Crippen LogP contribution in [0, 0.1) is 0 Å².